The van der Waals surface area contributed by atoms with Crippen molar-refractivity contribution in [2.24, 2.45) is 10.9 Å². The second-order valence-electron chi connectivity index (χ2n) is 4.50. The zero-order valence-corrected chi connectivity index (χ0v) is 13.6. The van der Waals surface area contributed by atoms with Crippen LogP contribution < -0.4 is 5.73 Å². The van der Waals surface area contributed by atoms with Crippen LogP contribution in [0.25, 0.3) is 0 Å². The average molecular weight is 351 g/mol. The largest absolute Gasteiger partial charge is 0.409 e. The SMILES string of the molecule is Cc1ccc(Sc2ccc(/C(N)=N/O)c(Br)c2)c(C)c1. The Hall–Kier alpha value is -1.46. The zero-order chi connectivity index (χ0) is 14.7. The van der Waals surface area contributed by atoms with Gasteiger partial charge >= 0.3 is 0 Å². The molecule has 0 saturated carbocycles. The van der Waals surface area contributed by atoms with Gasteiger partial charge in [-0.2, -0.15) is 0 Å². The van der Waals surface area contributed by atoms with Crippen LogP contribution in [-0.2, 0) is 0 Å². The lowest BCUT2D eigenvalue weighted by Gasteiger charge is -2.09. The fourth-order valence-corrected chi connectivity index (χ4v) is 3.52. The van der Waals surface area contributed by atoms with Crippen LogP contribution >= 0.6 is 27.7 Å². The van der Waals surface area contributed by atoms with E-state index in [-0.39, 0.29) is 5.84 Å². The molecule has 0 fully saturated rings. The summed E-state index contributed by atoms with van der Waals surface area (Å²) in [5.74, 6) is 0.0972. The first-order valence-corrected chi connectivity index (χ1v) is 7.65. The van der Waals surface area contributed by atoms with E-state index in [4.69, 9.17) is 10.9 Å². The summed E-state index contributed by atoms with van der Waals surface area (Å²) in [5.41, 5.74) is 8.80. The van der Waals surface area contributed by atoms with Crippen molar-refractivity contribution in [3.05, 3.63) is 57.6 Å². The second-order valence-corrected chi connectivity index (χ2v) is 6.47. The van der Waals surface area contributed by atoms with Gasteiger partial charge in [-0.25, -0.2) is 0 Å². The highest BCUT2D eigenvalue weighted by molar-refractivity contribution is 9.10. The molecule has 0 aliphatic rings. The van der Waals surface area contributed by atoms with Gasteiger partial charge in [-0.1, -0.05) is 34.6 Å². The highest BCUT2D eigenvalue weighted by Crippen LogP contribution is 2.33. The maximum Gasteiger partial charge on any atom is 0.171 e. The van der Waals surface area contributed by atoms with Crippen molar-refractivity contribution < 1.29 is 5.21 Å². The van der Waals surface area contributed by atoms with Gasteiger partial charge in [0.05, 0.1) is 0 Å². The Bertz CT molecular complexity index is 671. The molecule has 0 amide bonds. The van der Waals surface area contributed by atoms with Gasteiger partial charge < -0.3 is 10.9 Å². The zero-order valence-electron chi connectivity index (χ0n) is 11.2. The van der Waals surface area contributed by atoms with Gasteiger partial charge in [-0.05, 0) is 59.6 Å². The minimum atomic E-state index is 0.0972. The van der Waals surface area contributed by atoms with Crippen LogP contribution in [0.3, 0.4) is 0 Å². The van der Waals surface area contributed by atoms with Crippen LogP contribution in [0.2, 0.25) is 0 Å². The van der Waals surface area contributed by atoms with Crippen LogP contribution in [0.4, 0.5) is 0 Å². The molecule has 0 bridgehead atoms. The number of nitrogens with zero attached hydrogens (tertiary/aromatic N) is 1. The van der Waals surface area contributed by atoms with Crippen molar-refractivity contribution in [1.82, 2.24) is 0 Å². The third-order valence-electron chi connectivity index (χ3n) is 2.88. The van der Waals surface area contributed by atoms with Crippen LogP contribution in [0.5, 0.6) is 0 Å². The van der Waals surface area contributed by atoms with E-state index in [1.165, 1.54) is 16.0 Å². The molecule has 0 spiro atoms. The molecule has 3 N–H and O–H groups in total. The topological polar surface area (TPSA) is 58.6 Å². The number of hydrogen-bond donors (Lipinski definition) is 2. The molecule has 5 heteroatoms. The Morgan fingerprint density at radius 3 is 2.55 bits per heavy atom. The third kappa shape index (κ3) is 3.35. The molecular formula is C15H15BrN2OS. The van der Waals surface area contributed by atoms with Gasteiger partial charge in [0.2, 0.25) is 0 Å². The predicted molar refractivity (Wildman–Crippen MR) is 86.7 cm³/mol. The summed E-state index contributed by atoms with van der Waals surface area (Å²) < 4.78 is 0.808. The van der Waals surface area contributed by atoms with E-state index in [0.29, 0.717) is 5.56 Å². The van der Waals surface area contributed by atoms with Gasteiger partial charge in [0, 0.05) is 19.8 Å². The first kappa shape index (κ1) is 14.9. The van der Waals surface area contributed by atoms with Gasteiger partial charge in [0.1, 0.15) is 0 Å². The summed E-state index contributed by atoms with van der Waals surface area (Å²) in [6, 6.07) is 12.2. The van der Waals surface area contributed by atoms with Gasteiger partial charge in [0.25, 0.3) is 0 Å². The molecule has 20 heavy (non-hydrogen) atoms. The Balaban J connectivity index is 2.29. The Morgan fingerprint density at radius 2 is 1.95 bits per heavy atom. The van der Waals surface area contributed by atoms with Crippen LogP contribution in [-0.4, -0.2) is 11.0 Å². The van der Waals surface area contributed by atoms with Crippen molar-refractivity contribution in [2.45, 2.75) is 23.6 Å². The van der Waals surface area contributed by atoms with Crippen molar-refractivity contribution in [3.63, 3.8) is 0 Å². The maximum absolute atomic E-state index is 8.72. The normalized spacial score (nSPS) is 11.7. The highest BCUT2D eigenvalue weighted by atomic mass is 79.9. The lowest BCUT2D eigenvalue weighted by atomic mass is 10.2. The molecule has 0 aliphatic carbocycles. The van der Waals surface area contributed by atoms with E-state index >= 15 is 0 Å². The number of oxime groups is 1. The number of hydrogen-bond acceptors (Lipinski definition) is 3. The second kappa shape index (κ2) is 6.33. The van der Waals surface area contributed by atoms with Gasteiger partial charge in [-0.15, -0.1) is 0 Å². The molecule has 2 aromatic carbocycles. The standard InChI is InChI=1S/C15H15BrN2OS/c1-9-3-6-14(10(2)7-9)20-11-4-5-12(13(16)8-11)15(17)18-19/h3-8,19H,1-2H3,(H2,17,18). The summed E-state index contributed by atoms with van der Waals surface area (Å²) in [5, 5.41) is 11.7. The monoisotopic (exact) mass is 350 g/mol. The third-order valence-corrected chi connectivity index (χ3v) is 4.71. The number of rotatable bonds is 3. The van der Waals surface area contributed by atoms with Gasteiger partial charge in [-0.3, -0.25) is 0 Å². The fourth-order valence-electron chi connectivity index (χ4n) is 1.86. The number of nitrogens with two attached hydrogens (primary N) is 1. The molecule has 0 atom stereocenters. The molecule has 0 unspecified atom stereocenters. The molecule has 104 valence electrons. The number of amidine groups is 1. The van der Waals surface area contributed by atoms with Crippen molar-refractivity contribution >= 4 is 33.5 Å². The summed E-state index contributed by atoms with van der Waals surface area (Å²) in [7, 11) is 0. The van der Waals surface area contributed by atoms with E-state index in [1.807, 2.05) is 18.2 Å². The highest BCUT2D eigenvalue weighted by Gasteiger charge is 2.08. The fraction of sp³-hybridized carbons (Fsp3) is 0.133. The molecule has 0 saturated heterocycles. The molecule has 0 radical (unpaired) electrons. The van der Waals surface area contributed by atoms with E-state index in [1.54, 1.807) is 11.8 Å². The molecule has 3 nitrogen and oxygen atoms in total. The molecule has 2 aromatic rings. The van der Waals surface area contributed by atoms with Crippen molar-refractivity contribution in [1.29, 1.82) is 0 Å². The quantitative estimate of drug-likeness (QED) is 0.375. The smallest absolute Gasteiger partial charge is 0.171 e. The summed E-state index contributed by atoms with van der Waals surface area (Å²) >= 11 is 5.14. The summed E-state index contributed by atoms with van der Waals surface area (Å²) in [4.78, 5) is 2.32. The summed E-state index contributed by atoms with van der Waals surface area (Å²) in [6.45, 7) is 4.19. The van der Waals surface area contributed by atoms with Crippen LogP contribution in [0.1, 0.15) is 16.7 Å². The Kier molecular flexibility index (Phi) is 4.73. The molecular weight excluding hydrogens is 336 g/mol. The Morgan fingerprint density at radius 1 is 1.20 bits per heavy atom. The molecule has 0 aliphatic heterocycles. The van der Waals surface area contributed by atoms with Gasteiger partial charge in [0.15, 0.2) is 5.84 Å². The van der Waals surface area contributed by atoms with E-state index in [2.05, 4.69) is 53.1 Å². The number of benzene rings is 2. The van der Waals surface area contributed by atoms with Crippen molar-refractivity contribution in [3.8, 4) is 0 Å². The van der Waals surface area contributed by atoms with Crippen LogP contribution in [0.15, 0.2) is 55.8 Å². The first-order chi connectivity index (χ1) is 9.51. The van der Waals surface area contributed by atoms with Crippen molar-refractivity contribution in [2.75, 3.05) is 0 Å². The van der Waals surface area contributed by atoms with E-state index in [9.17, 15) is 0 Å². The number of aryl methyl sites for hydroxylation is 2. The molecule has 2 rings (SSSR count). The minimum absolute atomic E-state index is 0.0972. The predicted octanol–water partition coefficient (Wildman–Crippen LogP) is 4.31. The first-order valence-electron chi connectivity index (χ1n) is 6.04. The summed E-state index contributed by atoms with van der Waals surface area (Å²) in [6.07, 6.45) is 0. The van der Waals surface area contributed by atoms with E-state index in [0.717, 1.165) is 9.37 Å². The molecule has 0 heterocycles. The van der Waals surface area contributed by atoms with Crippen LogP contribution in [0, 0.1) is 13.8 Å². The lowest BCUT2D eigenvalue weighted by Crippen LogP contribution is -2.13. The van der Waals surface area contributed by atoms with E-state index < -0.39 is 0 Å². The number of halogens is 1. The lowest BCUT2D eigenvalue weighted by molar-refractivity contribution is 0.318. The molecule has 0 aromatic heterocycles. The minimum Gasteiger partial charge on any atom is -0.409 e. The Labute approximate surface area is 131 Å². The average Bonchev–Trinajstić information content (AvgIpc) is 2.41. The maximum atomic E-state index is 8.72.